The number of carbonyl (C=O) groups is 1. The fourth-order valence-corrected chi connectivity index (χ4v) is 2.91. The van der Waals surface area contributed by atoms with Gasteiger partial charge in [0.2, 0.25) is 5.95 Å². The van der Waals surface area contributed by atoms with E-state index in [9.17, 15) is 4.79 Å². The second-order valence-corrected chi connectivity index (χ2v) is 6.93. The number of nitrogens with zero attached hydrogens (tertiary/aromatic N) is 3. The number of urea groups is 1. The van der Waals surface area contributed by atoms with Crippen molar-refractivity contribution in [3.63, 3.8) is 0 Å². The number of carbonyl (C=O) groups excluding carboxylic acids is 1. The van der Waals surface area contributed by atoms with Crippen molar-refractivity contribution < 1.29 is 19.0 Å². The minimum absolute atomic E-state index is 0.0220. The van der Waals surface area contributed by atoms with Gasteiger partial charge in [-0.25, -0.2) is 14.7 Å². The molecule has 9 nitrogen and oxygen atoms in total. The third kappa shape index (κ3) is 8.03. The fourth-order valence-electron chi connectivity index (χ4n) is 2.91. The van der Waals surface area contributed by atoms with Gasteiger partial charge in [0.05, 0.1) is 18.9 Å². The highest BCUT2D eigenvalue weighted by molar-refractivity contribution is 5.98. The number of amides is 2. The Morgan fingerprint density at radius 1 is 1.13 bits per heavy atom. The van der Waals surface area contributed by atoms with Gasteiger partial charge >= 0.3 is 6.03 Å². The molecule has 2 rings (SSSR count). The Bertz CT molecular complexity index is 788. The van der Waals surface area contributed by atoms with Gasteiger partial charge in [0.15, 0.2) is 0 Å². The molecular formula is C22H33N5O4. The first kappa shape index (κ1) is 24.4. The largest absolute Gasteiger partial charge is 0.494 e. The number of hydrogen-bond acceptors (Lipinski definition) is 7. The normalized spacial score (nSPS) is 11.6. The van der Waals surface area contributed by atoms with Crippen molar-refractivity contribution in [2.75, 3.05) is 50.8 Å². The topological polar surface area (TPSA) is 97.8 Å². The van der Waals surface area contributed by atoms with Crippen molar-refractivity contribution in [3.8, 4) is 5.75 Å². The van der Waals surface area contributed by atoms with Gasteiger partial charge in [-0.2, -0.15) is 4.98 Å². The number of hydrogen-bond donors (Lipinski definition) is 2. The second-order valence-electron chi connectivity index (χ2n) is 6.93. The highest BCUT2D eigenvalue weighted by atomic mass is 16.5. The van der Waals surface area contributed by atoms with Crippen molar-refractivity contribution in [1.29, 1.82) is 0 Å². The van der Waals surface area contributed by atoms with Crippen LogP contribution in [0.15, 0.2) is 36.5 Å². The van der Waals surface area contributed by atoms with Gasteiger partial charge in [0.25, 0.3) is 0 Å². The monoisotopic (exact) mass is 431 g/mol. The van der Waals surface area contributed by atoms with Crippen LogP contribution in [0, 0.1) is 0 Å². The minimum atomic E-state index is -0.267. The van der Waals surface area contributed by atoms with Crippen LogP contribution in [-0.2, 0) is 9.47 Å². The van der Waals surface area contributed by atoms with Crippen LogP contribution in [-0.4, -0.2) is 62.6 Å². The molecule has 0 saturated carbocycles. The van der Waals surface area contributed by atoms with Gasteiger partial charge in [-0.1, -0.05) is 0 Å². The molecule has 2 N–H and O–H groups in total. The zero-order valence-corrected chi connectivity index (χ0v) is 18.8. The number of ether oxygens (including phenoxy) is 3. The molecule has 2 amide bonds. The fraction of sp³-hybridized carbons (Fsp3) is 0.500. The molecular weight excluding hydrogens is 398 g/mol. The summed E-state index contributed by atoms with van der Waals surface area (Å²) < 4.78 is 15.7. The highest BCUT2D eigenvalue weighted by Gasteiger charge is 2.20. The van der Waals surface area contributed by atoms with Crippen molar-refractivity contribution in [2.24, 2.45) is 0 Å². The lowest BCUT2D eigenvalue weighted by Gasteiger charge is -2.23. The molecule has 0 saturated heterocycles. The van der Waals surface area contributed by atoms with Gasteiger partial charge < -0.3 is 24.8 Å². The SMILES string of the molecule is CCOc1ccc(N(C(=O)NCCCCOC)c2ccnc(NC(C)COC)n2)cc1. The van der Waals surface area contributed by atoms with E-state index in [0.717, 1.165) is 18.6 Å². The van der Waals surface area contributed by atoms with E-state index in [1.807, 2.05) is 38.1 Å². The van der Waals surface area contributed by atoms with Gasteiger partial charge in [-0.05, 0) is 51.0 Å². The third-order valence-corrected chi connectivity index (χ3v) is 4.32. The summed E-state index contributed by atoms with van der Waals surface area (Å²) in [7, 11) is 3.31. The number of aromatic nitrogens is 2. The van der Waals surface area contributed by atoms with Crippen molar-refractivity contribution in [1.82, 2.24) is 15.3 Å². The molecule has 9 heteroatoms. The molecule has 0 aliphatic heterocycles. The van der Waals surface area contributed by atoms with Gasteiger partial charge in [-0.3, -0.25) is 0 Å². The van der Waals surface area contributed by atoms with Crippen molar-refractivity contribution in [3.05, 3.63) is 36.5 Å². The first-order chi connectivity index (χ1) is 15.1. The van der Waals surface area contributed by atoms with Crippen LogP contribution in [0.3, 0.4) is 0 Å². The molecule has 170 valence electrons. The summed E-state index contributed by atoms with van der Waals surface area (Å²) in [6, 6.07) is 8.78. The maximum atomic E-state index is 13.1. The van der Waals surface area contributed by atoms with E-state index in [1.165, 1.54) is 4.90 Å². The summed E-state index contributed by atoms with van der Waals surface area (Å²) in [6.45, 7) is 6.19. The summed E-state index contributed by atoms with van der Waals surface area (Å²) in [5.41, 5.74) is 0.674. The van der Waals surface area contributed by atoms with Crippen LogP contribution in [0.4, 0.5) is 22.2 Å². The quantitative estimate of drug-likeness (QED) is 0.468. The number of unbranched alkanes of at least 4 members (excludes halogenated alkanes) is 1. The number of nitrogens with one attached hydrogen (secondary N) is 2. The zero-order chi connectivity index (χ0) is 22.5. The van der Waals surface area contributed by atoms with E-state index in [0.29, 0.717) is 43.8 Å². The summed E-state index contributed by atoms with van der Waals surface area (Å²) in [4.78, 5) is 23.4. The van der Waals surface area contributed by atoms with Gasteiger partial charge in [0, 0.05) is 45.7 Å². The molecule has 0 fully saturated rings. The summed E-state index contributed by atoms with van der Waals surface area (Å²) in [5, 5.41) is 6.14. The molecule has 31 heavy (non-hydrogen) atoms. The number of anilines is 3. The standard InChI is InChI=1S/C22H33N5O4/c1-5-31-19-10-8-18(9-11-19)27(22(28)24-13-6-7-15-29-3)20-12-14-23-21(26-20)25-17(2)16-30-4/h8-12,14,17H,5-7,13,15-16H2,1-4H3,(H,24,28)(H,23,25,26). The van der Waals surface area contributed by atoms with E-state index in [4.69, 9.17) is 14.2 Å². The lowest BCUT2D eigenvalue weighted by molar-refractivity contribution is 0.190. The van der Waals surface area contributed by atoms with E-state index in [2.05, 4.69) is 20.6 Å². The molecule has 2 aromatic rings. The Labute approximate surface area is 184 Å². The Morgan fingerprint density at radius 2 is 1.90 bits per heavy atom. The molecule has 0 spiro atoms. The van der Waals surface area contributed by atoms with Crippen molar-refractivity contribution in [2.45, 2.75) is 32.7 Å². The molecule has 0 aliphatic carbocycles. The lowest BCUT2D eigenvalue weighted by atomic mass is 10.2. The Morgan fingerprint density at radius 3 is 2.58 bits per heavy atom. The van der Waals surface area contributed by atoms with E-state index < -0.39 is 0 Å². The Balaban J connectivity index is 2.23. The summed E-state index contributed by atoms with van der Waals surface area (Å²) in [5.74, 6) is 1.62. The lowest BCUT2D eigenvalue weighted by Crippen LogP contribution is -2.38. The third-order valence-electron chi connectivity index (χ3n) is 4.32. The molecule has 1 unspecified atom stereocenters. The van der Waals surface area contributed by atoms with Gasteiger partial charge in [0.1, 0.15) is 11.6 Å². The summed E-state index contributed by atoms with van der Waals surface area (Å²) >= 11 is 0. The molecule has 1 aromatic carbocycles. The average molecular weight is 432 g/mol. The van der Waals surface area contributed by atoms with Gasteiger partial charge in [-0.15, -0.1) is 0 Å². The molecule has 1 atom stereocenters. The molecule has 0 radical (unpaired) electrons. The van der Waals surface area contributed by atoms with Crippen LogP contribution in [0.5, 0.6) is 5.75 Å². The summed E-state index contributed by atoms with van der Waals surface area (Å²) in [6.07, 6.45) is 3.32. The first-order valence-electron chi connectivity index (χ1n) is 10.5. The number of rotatable bonds is 13. The molecule has 1 heterocycles. The van der Waals surface area contributed by atoms with Crippen LogP contribution < -0.4 is 20.3 Å². The number of benzene rings is 1. The maximum absolute atomic E-state index is 13.1. The maximum Gasteiger partial charge on any atom is 0.327 e. The highest BCUT2D eigenvalue weighted by Crippen LogP contribution is 2.26. The predicted molar refractivity (Wildman–Crippen MR) is 121 cm³/mol. The van der Waals surface area contributed by atoms with Crippen LogP contribution in [0.2, 0.25) is 0 Å². The van der Waals surface area contributed by atoms with Crippen LogP contribution >= 0.6 is 0 Å². The van der Waals surface area contributed by atoms with Crippen LogP contribution in [0.1, 0.15) is 26.7 Å². The first-order valence-corrected chi connectivity index (χ1v) is 10.5. The Hall–Kier alpha value is -2.91. The van der Waals surface area contributed by atoms with E-state index in [-0.39, 0.29) is 12.1 Å². The molecule has 0 aliphatic rings. The molecule has 1 aromatic heterocycles. The predicted octanol–water partition coefficient (Wildman–Crippen LogP) is 3.60. The molecule has 0 bridgehead atoms. The minimum Gasteiger partial charge on any atom is -0.494 e. The van der Waals surface area contributed by atoms with Crippen molar-refractivity contribution >= 4 is 23.5 Å². The van der Waals surface area contributed by atoms with E-state index in [1.54, 1.807) is 26.5 Å². The average Bonchev–Trinajstić information content (AvgIpc) is 2.76. The number of methoxy groups -OCH3 is 2. The smallest absolute Gasteiger partial charge is 0.327 e. The van der Waals surface area contributed by atoms with E-state index >= 15 is 0 Å². The Kier molecular flexibility index (Phi) is 10.5. The zero-order valence-electron chi connectivity index (χ0n) is 18.8. The second kappa shape index (κ2) is 13.4. The van der Waals surface area contributed by atoms with Crippen LogP contribution in [0.25, 0.3) is 0 Å².